The number of anilines is 1. The van der Waals surface area contributed by atoms with Crippen molar-refractivity contribution in [3.63, 3.8) is 0 Å². The van der Waals surface area contributed by atoms with Gasteiger partial charge in [0.1, 0.15) is 17.1 Å². The number of fused-ring (bicyclic) bond motifs is 1. The van der Waals surface area contributed by atoms with Crippen molar-refractivity contribution in [3.8, 4) is 5.75 Å². The van der Waals surface area contributed by atoms with E-state index >= 15 is 0 Å². The first-order valence-corrected chi connectivity index (χ1v) is 9.39. The fourth-order valence-electron chi connectivity index (χ4n) is 2.94. The summed E-state index contributed by atoms with van der Waals surface area (Å²) in [4.78, 5) is 25.5. The summed E-state index contributed by atoms with van der Waals surface area (Å²) >= 11 is 6.03. The molecule has 5 nitrogen and oxygen atoms in total. The van der Waals surface area contributed by atoms with E-state index in [2.05, 4.69) is 5.32 Å². The fourth-order valence-corrected chi connectivity index (χ4v) is 3.13. The van der Waals surface area contributed by atoms with Gasteiger partial charge >= 0.3 is 0 Å². The molecular weight excluding hydrogens is 409 g/mol. The molecule has 0 saturated heterocycles. The van der Waals surface area contributed by atoms with Crippen molar-refractivity contribution in [2.45, 2.75) is 0 Å². The van der Waals surface area contributed by atoms with Crippen LogP contribution in [0.4, 0.5) is 10.1 Å². The van der Waals surface area contributed by atoms with Crippen LogP contribution in [0, 0.1) is 5.82 Å². The zero-order valence-electron chi connectivity index (χ0n) is 15.5. The Morgan fingerprint density at radius 2 is 1.67 bits per heavy atom. The van der Waals surface area contributed by atoms with E-state index in [0.29, 0.717) is 21.7 Å². The van der Waals surface area contributed by atoms with Crippen LogP contribution in [0.25, 0.3) is 11.0 Å². The Kier molecular flexibility index (Phi) is 5.50. The molecule has 7 heteroatoms. The third kappa shape index (κ3) is 4.04. The van der Waals surface area contributed by atoms with Crippen LogP contribution in [0.1, 0.15) is 16.1 Å². The monoisotopic (exact) mass is 423 g/mol. The van der Waals surface area contributed by atoms with E-state index in [4.69, 9.17) is 20.8 Å². The Bertz CT molecular complexity index is 1230. The molecule has 0 spiro atoms. The highest BCUT2D eigenvalue weighted by Crippen LogP contribution is 2.32. The molecule has 150 valence electrons. The summed E-state index contributed by atoms with van der Waals surface area (Å²) in [6.07, 6.45) is 0. The van der Waals surface area contributed by atoms with Crippen molar-refractivity contribution in [2.24, 2.45) is 0 Å². The molecule has 0 atom stereocenters. The number of halogens is 2. The lowest BCUT2D eigenvalue weighted by atomic mass is 10.1. The molecule has 3 aromatic carbocycles. The molecule has 0 aliphatic carbocycles. The number of ketones is 1. The van der Waals surface area contributed by atoms with E-state index in [1.807, 2.05) is 0 Å². The Hall–Kier alpha value is -3.64. The van der Waals surface area contributed by atoms with E-state index in [-0.39, 0.29) is 23.6 Å². The first-order chi connectivity index (χ1) is 14.5. The van der Waals surface area contributed by atoms with E-state index in [0.717, 1.165) is 0 Å². The molecule has 1 amide bonds. The lowest BCUT2D eigenvalue weighted by Gasteiger charge is -2.09. The Morgan fingerprint density at radius 1 is 0.967 bits per heavy atom. The minimum absolute atomic E-state index is 0.0473. The number of carbonyl (C=O) groups excluding carboxylic acids is 2. The second-order valence-corrected chi connectivity index (χ2v) is 6.81. The topological polar surface area (TPSA) is 68.5 Å². The maximum atomic E-state index is 13.2. The first-order valence-electron chi connectivity index (χ1n) is 9.02. The number of furan rings is 1. The summed E-state index contributed by atoms with van der Waals surface area (Å²) in [6, 6.07) is 18.8. The van der Waals surface area contributed by atoms with Crippen molar-refractivity contribution in [3.05, 3.63) is 95.0 Å². The van der Waals surface area contributed by atoms with Gasteiger partial charge in [0, 0.05) is 10.9 Å². The van der Waals surface area contributed by atoms with Gasteiger partial charge in [0.25, 0.3) is 5.91 Å². The van der Waals surface area contributed by atoms with Gasteiger partial charge in [0.15, 0.2) is 12.4 Å². The average molecular weight is 424 g/mol. The van der Waals surface area contributed by atoms with Gasteiger partial charge < -0.3 is 14.5 Å². The zero-order chi connectivity index (χ0) is 21.1. The fraction of sp³-hybridized carbons (Fsp3) is 0.0435. The van der Waals surface area contributed by atoms with Crippen LogP contribution in [0.5, 0.6) is 5.75 Å². The van der Waals surface area contributed by atoms with Gasteiger partial charge in [-0.1, -0.05) is 35.9 Å². The maximum Gasteiger partial charge on any atom is 0.262 e. The van der Waals surface area contributed by atoms with E-state index < -0.39 is 17.5 Å². The van der Waals surface area contributed by atoms with Crippen LogP contribution in [0.15, 0.2) is 77.2 Å². The third-order valence-electron chi connectivity index (χ3n) is 4.37. The molecule has 0 unspecified atom stereocenters. The Morgan fingerprint density at radius 3 is 2.43 bits per heavy atom. The van der Waals surface area contributed by atoms with Gasteiger partial charge in [-0.05, 0) is 48.5 Å². The number of rotatable bonds is 6. The molecule has 0 saturated carbocycles. The lowest BCUT2D eigenvalue weighted by Crippen LogP contribution is -2.21. The molecule has 4 rings (SSSR count). The molecule has 0 bridgehead atoms. The molecule has 1 heterocycles. The van der Waals surface area contributed by atoms with Gasteiger partial charge in [-0.25, -0.2) is 4.39 Å². The number of amides is 1. The van der Waals surface area contributed by atoms with Gasteiger partial charge in [-0.2, -0.15) is 0 Å². The Balaban J connectivity index is 1.61. The third-order valence-corrected chi connectivity index (χ3v) is 4.68. The van der Waals surface area contributed by atoms with Crippen LogP contribution in [-0.4, -0.2) is 18.3 Å². The van der Waals surface area contributed by atoms with Gasteiger partial charge in [0.05, 0.1) is 10.7 Å². The van der Waals surface area contributed by atoms with Crippen LogP contribution in [0.3, 0.4) is 0 Å². The van der Waals surface area contributed by atoms with E-state index in [1.165, 1.54) is 24.3 Å². The van der Waals surface area contributed by atoms with Crippen LogP contribution < -0.4 is 10.1 Å². The summed E-state index contributed by atoms with van der Waals surface area (Å²) in [5.41, 5.74) is 0.899. The minimum Gasteiger partial charge on any atom is -0.482 e. The molecule has 4 aromatic rings. The summed E-state index contributed by atoms with van der Waals surface area (Å²) in [5, 5.41) is 3.63. The number of benzene rings is 3. The van der Waals surface area contributed by atoms with E-state index in [9.17, 15) is 14.0 Å². The van der Waals surface area contributed by atoms with Crippen LogP contribution in [0.2, 0.25) is 5.02 Å². The summed E-state index contributed by atoms with van der Waals surface area (Å²) in [5.74, 6) is -1.10. The van der Waals surface area contributed by atoms with E-state index in [1.54, 1.807) is 48.5 Å². The molecule has 30 heavy (non-hydrogen) atoms. The molecule has 0 aliphatic rings. The highest BCUT2D eigenvalue weighted by atomic mass is 35.5. The second-order valence-electron chi connectivity index (χ2n) is 6.41. The molecular formula is C23H15ClFNO4. The minimum atomic E-state index is -0.491. The Labute approximate surface area is 176 Å². The van der Waals surface area contributed by atoms with Crippen molar-refractivity contribution in [1.82, 2.24) is 0 Å². The number of nitrogens with one attached hydrogen (secondary N) is 1. The number of carbonyl (C=O) groups is 2. The predicted molar refractivity (Wildman–Crippen MR) is 112 cm³/mol. The second kappa shape index (κ2) is 8.39. The standard InChI is InChI=1S/C23H15ClFNO4/c24-17-6-2-4-8-19(17)29-13-20(27)26-21-16-5-1-3-7-18(16)30-23(21)22(28)14-9-11-15(25)12-10-14/h1-12H,13H2,(H,26,27). The quantitative estimate of drug-likeness (QED) is 0.417. The average Bonchev–Trinajstić information content (AvgIpc) is 3.11. The van der Waals surface area contributed by atoms with Crippen molar-refractivity contribution in [1.29, 1.82) is 0 Å². The number of hydrogen-bond acceptors (Lipinski definition) is 4. The maximum absolute atomic E-state index is 13.2. The number of ether oxygens (including phenoxy) is 1. The summed E-state index contributed by atoms with van der Waals surface area (Å²) in [6.45, 7) is -0.312. The zero-order valence-corrected chi connectivity index (χ0v) is 16.3. The van der Waals surface area contributed by atoms with Gasteiger partial charge in [-0.3, -0.25) is 9.59 Å². The molecule has 0 aliphatic heterocycles. The molecule has 0 fully saturated rings. The van der Waals surface area contributed by atoms with Crippen molar-refractivity contribution < 1.29 is 23.1 Å². The predicted octanol–water partition coefficient (Wildman–Crippen LogP) is 5.47. The van der Waals surface area contributed by atoms with Gasteiger partial charge in [-0.15, -0.1) is 0 Å². The molecule has 0 radical (unpaired) electrons. The first kappa shape index (κ1) is 19.7. The normalized spacial score (nSPS) is 10.7. The number of para-hydroxylation sites is 2. The van der Waals surface area contributed by atoms with Crippen molar-refractivity contribution in [2.75, 3.05) is 11.9 Å². The van der Waals surface area contributed by atoms with Crippen LogP contribution >= 0.6 is 11.6 Å². The summed E-state index contributed by atoms with van der Waals surface area (Å²) in [7, 11) is 0. The largest absolute Gasteiger partial charge is 0.482 e. The van der Waals surface area contributed by atoms with Crippen LogP contribution in [-0.2, 0) is 4.79 Å². The smallest absolute Gasteiger partial charge is 0.262 e. The summed E-state index contributed by atoms with van der Waals surface area (Å²) < 4.78 is 24.4. The molecule has 1 N–H and O–H groups in total. The molecule has 1 aromatic heterocycles. The SMILES string of the molecule is O=C(COc1ccccc1Cl)Nc1c(C(=O)c2ccc(F)cc2)oc2ccccc12. The highest BCUT2D eigenvalue weighted by Gasteiger charge is 2.23. The van der Waals surface area contributed by atoms with Crippen molar-refractivity contribution >= 4 is 39.9 Å². The highest BCUT2D eigenvalue weighted by molar-refractivity contribution is 6.32. The lowest BCUT2D eigenvalue weighted by molar-refractivity contribution is -0.118. The van der Waals surface area contributed by atoms with Gasteiger partial charge in [0.2, 0.25) is 5.78 Å². The number of hydrogen-bond donors (Lipinski definition) is 1.